The SMILES string of the molecule is Cc1csc(CNS(=O)(=O)c2cnn(CC(=O)O)c2)n1. The average molecular weight is 316 g/mol. The maximum atomic E-state index is 12.0. The van der Waals surface area contributed by atoms with Crippen LogP contribution in [-0.2, 0) is 27.9 Å². The van der Waals surface area contributed by atoms with Crippen molar-refractivity contribution in [1.29, 1.82) is 0 Å². The Morgan fingerprint density at radius 3 is 2.90 bits per heavy atom. The summed E-state index contributed by atoms with van der Waals surface area (Å²) in [5.74, 6) is -1.09. The molecule has 2 heterocycles. The predicted octanol–water partition coefficient (Wildman–Crippen LogP) is 0.211. The van der Waals surface area contributed by atoms with Crippen LogP contribution in [0.25, 0.3) is 0 Å². The van der Waals surface area contributed by atoms with Gasteiger partial charge >= 0.3 is 5.97 Å². The Morgan fingerprint density at radius 1 is 1.55 bits per heavy atom. The number of carboxylic acids is 1. The Balaban J connectivity index is 2.06. The lowest BCUT2D eigenvalue weighted by molar-refractivity contribution is -0.137. The Hall–Kier alpha value is -1.78. The summed E-state index contributed by atoms with van der Waals surface area (Å²) in [6.45, 7) is 1.52. The second kappa shape index (κ2) is 5.69. The molecule has 0 aliphatic carbocycles. The molecule has 2 aromatic heterocycles. The average Bonchev–Trinajstić information content (AvgIpc) is 2.95. The number of nitrogens with one attached hydrogen (secondary N) is 1. The first-order chi connectivity index (χ1) is 9.37. The third-order valence-electron chi connectivity index (χ3n) is 2.30. The molecule has 0 aromatic carbocycles. The topological polar surface area (TPSA) is 114 Å². The second-order valence-corrected chi connectivity index (χ2v) is 6.68. The van der Waals surface area contributed by atoms with Gasteiger partial charge in [0.25, 0.3) is 0 Å². The third kappa shape index (κ3) is 3.62. The quantitative estimate of drug-likeness (QED) is 0.787. The summed E-state index contributed by atoms with van der Waals surface area (Å²) in [5.41, 5.74) is 0.832. The smallest absolute Gasteiger partial charge is 0.325 e. The highest BCUT2D eigenvalue weighted by atomic mass is 32.2. The number of rotatable bonds is 6. The minimum atomic E-state index is -3.72. The van der Waals surface area contributed by atoms with Crippen molar-refractivity contribution < 1.29 is 18.3 Å². The maximum Gasteiger partial charge on any atom is 0.325 e. The maximum absolute atomic E-state index is 12.0. The van der Waals surface area contributed by atoms with Crippen molar-refractivity contribution in [3.8, 4) is 0 Å². The van der Waals surface area contributed by atoms with Crippen LogP contribution in [0.5, 0.6) is 0 Å². The fourth-order valence-corrected chi connectivity index (χ4v) is 3.18. The largest absolute Gasteiger partial charge is 0.480 e. The highest BCUT2D eigenvalue weighted by Crippen LogP contribution is 2.11. The first-order valence-corrected chi connectivity index (χ1v) is 7.88. The van der Waals surface area contributed by atoms with Crippen LogP contribution < -0.4 is 4.72 Å². The van der Waals surface area contributed by atoms with E-state index in [0.29, 0.717) is 5.01 Å². The highest BCUT2D eigenvalue weighted by molar-refractivity contribution is 7.89. The standard InChI is InChI=1S/C10H12N4O4S2/c1-7-6-19-9(13-7)3-12-20(17,18)8-2-11-14(4-8)5-10(15)16/h2,4,6,12H,3,5H2,1H3,(H,15,16). The lowest BCUT2D eigenvalue weighted by Crippen LogP contribution is -2.22. The molecule has 0 radical (unpaired) electrons. The molecule has 0 saturated carbocycles. The van der Waals surface area contributed by atoms with Gasteiger partial charge in [-0.2, -0.15) is 5.10 Å². The van der Waals surface area contributed by atoms with Crippen LogP contribution in [-0.4, -0.2) is 34.3 Å². The van der Waals surface area contributed by atoms with Crippen LogP contribution in [0, 0.1) is 6.92 Å². The molecule has 0 fully saturated rings. The molecule has 8 nitrogen and oxygen atoms in total. The molecule has 2 N–H and O–H groups in total. The molecular formula is C10H12N4O4S2. The van der Waals surface area contributed by atoms with Gasteiger partial charge in [-0.15, -0.1) is 11.3 Å². The molecule has 108 valence electrons. The zero-order valence-corrected chi connectivity index (χ0v) is 12.1. The highest BCUT2D eigenvalue weighted by Gasteiger charge is 2.17. The van der Waals surface area contributed by atoms with Crippen LogP contribution in [0.1, 0.15) is 10.7 Å². The van der Waals surface area contributed by atoms with Crippen molar-refractivity contribution in [2.75, 3.05) is 0 Å². The van der Waals surface area contributed by atoms with Gasteiger partial charge in [0.1, 0.15) is 16.4 Å². The van der Waals surface area contributed by atoms with Crippen molar-refractivity contribution in [1.82, 2.24) is 19.5 Å². The summed E-state index contributed by atoms with van der Waals surface area (Å²) < 4.78 is 27.4. The van der Waals surface area contributed by atoms with Gasteiger partial charge in [0.05, 0.1) is 12.7 Å². The van der Waals surface area contributed by atoms with Gasteiger partial charge in [0.2, 0.25) is 10.0 Å². The van der Waals surface area contributed by atoms with Gasteiger partial charge in [-0.25, -0.2) is 18.1 Å². The summed E-state index contributed by atoms with van der Waals surface area (Å²) in [5, 5.41) is 14.8. The molecular weight excluding hydrogens is 304 g/mol. The van der Waals surface area contributed by atoms with E-state index >= 15 is 0 Å². The molecule has 2 aromatic rings. The lowest BCUT2D eigenvalue weighted by Gasteiger charge is -2.01. The molecule has 0 bridgehead atoms. The Morgan fingerprint density at radius 2 is 2.30 bits per heavy atom. The Bertz CT molecular complexity index is 719. The van der Waals surface area contributed by atoms with Gasteiger partial charge in [-0.3, -0.25) is 9.48 Å². The van der Waals surface area contributed by atoms with E-state index < -0.39 is 16.0 Å². The van der Waals surface area contributed by atoms with Crippen molar-refractivity contribution in [2.24, 2.45) is 0 Å². The van der Waals surface area contributed by atoms with Gasteiger partial charge in [-0.1, -0.05) is 0 Å². The summed E-state index contributed by atoms with van der Waals surface area (Å²) in [6, 6.07) is 0. The first kappa shape index (κ1) is 14.6. The number of aromatic nitrogens is 3. The number of carbonyl (C=O) groups is 1. The van der Waals surface area contributed by atoms with Gasteiger partial charge in [-0.05, 0) is 6.92 Å². The van der Waals surface area contributed by atoms with Crippen LogP contribution in [0.15, 0.2) is 22.7 Å². The zero-order valence-electron chi connectivity index (χ0n) is 10.5. The van der Waals surface area contributed by atoms with E-state index in [1.165, 1.54) is 17.5 Å². The minimum Gasteiger partial charge on any atom is -0.480 e. The van der Waals surface area contributed by atoms with Crippen LogP contribution >= 0.6 is 11.3 Å². The van der Waals surface area contributed by atoms with E-state index in [9.17, 15) is 13.2 Å². The molecule has 0 saturated heterocycles. The lowest BCUT2D eigenvalue weighted by atomic mass is 10.6. The molecule has 0 unspecified atom stereocenters. The summed E-state index contributed by atoms with van der Waals surface area (Å²) in [4.78, 5) is 14.6. The number of sulfonamides is 1. The van der Waals surface area contributed by atoms with Crippen molar-refractivity contribution in [3.63, 3.8) is 0 Å². The summed E-state index contributed by atoms with van der Waals surface area (Å²) in [7, 11) is -3.72. The number of hydrogen-bond donors (Lipinski definition) is 2. The minimum absolute atomic E-state index is 0.0768. The molecule has 0 amide bonds. The zero-order chi connectivity index (χ0) is 14.8. The van der Waals surface area contributed by atoms with Crippen LogP contribution in [0.2, 0.25) is 0 Å². The molecule has 0 aliphatic heterocycles. The van der Waals surface area contributed by atoms with Crippen molar-refractivity contribution >= 4 is 27.3 Å². The molecule has 2 rings (SSSR count). The number of thiazole rings is 1. The van der Waals surface area contributed by atoms with Crippen LogP contribution in [0.4, 0.5) is 0 Å². The third-order valence-corrected chi connectivity index (χ3v) is 4.62. The Labute approximate surface area is 119 Å². The normalized spacial score (nSPS) is 11.7. The molecule has 20 heavy (non-hydrogen) atoms. The Kier molecular flexibility index (Phi) is 4.16. The van der Waals surface area contributed by atoms with E-state index in [2.05, 4.69) is 14.8 Å². The molecule has 0 spiro atoms. The van der Waals surface area contributed by atoms with E-state index in [4.69, 9.17) is 5.11 Å². The number of hydrogen-bond acceptors (Lipinski definition) is 6. The second-order valence-electron chi connectivity index (χ2n) is 3.97. The number of nitrogens with zero attached hydrogens (tertiary/aromatic N) is 3. The fraction of sp³-hybridized carbons (Fsp3) is 0.300. The number of aliphatic carboxylic acids is 1. The number of aryl methyl sites for hydroxylation is 1. The summed E-state index contributed by atoms with van der Waals surface area (Å²) in [6.07, 6.45) is 2.28. The van der Waals surface area contributed by atoms with E-state index in [-0.39, 0.29) is 18.0 Å². The van der Waals surface area contributed by atoms with E-state index in [1.807, 2.05) is 12.3 Å². The fourth-order valence-electron chi connectivity index (χ4n) is 1.43. The molecule has 0 aliphatic rings. The van der Waals surface area contributed by atoms with Gasteiger partial charge in [0, 0.05) is 17.3 Å². The van der Waals surface area contributed by atoms with E-state index in [0.717, 1.165) is 16.6 Å². The predicted molar refractivity (Wildman–Crippen MR) is 70.7 cm³/mol. The summed E-state index contributed by atoms with van der Waals surface area (Å²) >= 11 is 1.36. The molecule has 10 heteroatoms. The number of carboxylic acid groups (broad SMARTS) is 1. The van der Waals surface area contributed by atoms with Gasteiger partial charge < -0.3 is 5.11 Å². The first-order valence-electron chi connectivity index (χ1n) is 5.52. The van der Waals surface area contributed by atoms with Gasteiger partial charge in [0.15, 0.2) is 0 Å². The van der Waals surface area contributed by atoms with Crippen molar-refractivity contribution in [3.05, 3.63) is 28.5 Å². The monoisotopic (exact) mass is 316 g/mol. The van der Waals surface area contributed by atoms with Crippen LogP contribution in [0.3, 0.4) is 0 Å². The van der Waals surface area contributed by atoms with E-state index in [1.54, 1.807) is 0 Å². The molecule has 0 atom stereocenters. The van der Waals surface area contributed by atoms with Crippen molar-refractivity contribution in [2.45, 2.75) is 24.9 Å².